The summed E-state index contributed by atoms with van der Waals surface area (Å²) in [5.74, 6) is 0. The molecule has 15 heavy (non-hydrogen) atoms. The summed E-state index contributed by atoms with van der Waals surface area (Å²) in [5, 5.41) is 7.29. The van der Waals surface area contributed by atoms with Gasteiger partial charge in [0, 0.05) is 12.6 Å². The molecule has 86 valence electrons. The fraction of sp³-hybridized carbons (Fsp3) is 0.750. The molecule has 0 aromatic rings. The Hall–Kier alpha value is -0.570. The van der Waals surface area contributed by atoms with Crippen LogP contribution in [0.1, 0.15) is 40.0 Å². The molecule has 0 spiro atoms. The van der Waals surface area contributed by atoms with Crippen LogP contribution in [0.25, 0.3) is 0 Å². The molecule has 1 atom stereocenters. The first kappa shape index (κ1) is 12.5. The Morgan fingerprint density at radius 3 is 2.67 bits per heavy atom. The van der Waals surface area contributed by atoms with Crippen molar-refractivity contribution < 1.29 is 0 Å². The van der Waals surface area contributed by atoms with Crippen LogP contribution < -0.4 is 10.6 Å². The first-order chi connectivity index (χ1) is 6.89. The summed E-state index contributed by atoms with van der Waals surface area (Å²) in [5.41, 5.74) is 1.58. The maximum Gasteiger partial charge on any atom is 0.166 e. The van der Waals surface area contributed by atoms with Crippen molar-refractivity contribution in [3.05, 3.63) is 12.2 Å². The number of rotatable bonds is 3. The van der Waals surface area contributed by atoms with Crippen molar-refractivity contribution in [1.29, 1.82) is 0 Å². The number of thiocarbonyl (C=S) groups is 1. The molecule has 0 amide bonds. The van der Waals surface area contributed by atoms with Crippen LogP contribution in [0.15, 0.2) is 12.2 Å². The van der Waals surface area contributed by atoms with Crippen molar-refractivity contribution in [1.82, 2.24) is 10.6 Å². The van der Waals surface area contributed by atoms with E-state index in [0.29, 0.717) is 11.5 Å². The Bertz CT molecular complexity index is 258. The summed E-state index contributed by atoms with van der Waals surface area (Å²) in [4.78, 5) is 0. The van der Waals surface area contributed by atoms with Gasteiger partial charge in [-0.25, -0.2) is 0 Å². The zero-order valence-electron chi connectivity index (χ0n) is 10.0. The minimum atomic E-state index is 0.474. The summed E-state index contributed by atoms with van der Waals surface area (Å²) in [6.45, 7) is 11.2. The van der Waals surface area contributed by atoms with Crippen LogP contribution in [0.5, 0.6) is 0 Å². The molecule has 0 aromatic carbocycles. The van der Waals surface area contributed by atoms with Gasteiger partial charge in [0.1, 0.15) is 0 Å². The highest BCUT2D eigenvalue weighted by atomic mass is 32.1. The Kier molecular flexibility index (Phi) is 4.14. The number of hydrogen-bond acceptors (Lipinski definition) is 1. The maximum absolute atomic E-state index is 5.22. The summed E-state index contributed by atoms with van der Waals surface area (Å²) in [6.07, 6.45) is 3.72. The predicted molar refractivity (Wildman–Crippen MR) is 70.0 cm³/mol. The molecule has 1 aliphatic carbocycles. The third kappa shape index (κ3) is 4.65. The molecular weight excluding hydrogens is 204 g/mol. The molecule has 0 bridgehead atoms. The van der Waals surface area contributed by atoms with Gasteiger partial charge in [0.15, 0.2) is 5.11 Å². The van der Waals surface area contributed by atoms with E-state index in [1.54, 1.807) is 0 Å². The van der Waals surface area contributed by atoms with Gasteiger partial charge in [0.05, 0.1) is 0 Å². The first-order valence-electron chi connectivity index (χ1n) is 5.58. The molecule has 2 N–H and O–H groups in total. The van der Waals surface area contributed by atoms with Gasteiger partial charge in [-0.2, -0.15) is 0 Å². The molecule has 0 radical (unpaired) electrons. The van der Waals surface area contributed by atoms with Crippen molar-refractivity contribution in [3.63, 3.8) is 0 Å². The van der Waals surface area contributed by atoms with Crippen LogP contribution >= 0.6 is 12.2 Å². The Morgan fingerprint density at radius 2 is 2.20 bits per heavy atom. The lowest BCUT2D eigenvalue weighted by molar-refractivity contribution is 0.372. The average Bonchev–Trinajstić information content (AvgIpc) is 2.42. The zero-order chi connectivity index (χ0) is 11.5. The Morgan fingerprint density at radius 1 is 1.53 bits per heavy atom. The van der Waals surface area contributed by atoms with Gasteiger partial charge in [-0.05, 0) is 43.8 Å². The van der Waals surface area contributed by atoms with Crippen LogP contribution in [0.2, 0.25) is 0 Å². The standard InChI is InChI=1S/C12H22N2S/c1-9(2)8-13-11(15)14-10-5-6-12(3,4)7-10/h10H,1,5-8H2,2-4H3,(H2,13,14,15). The van der Waals surface area contributed by atoms with E-state index in [9.17, 15) is 0 Å². The normalized spacial score (nSPS) is 23.5. The third-order valence-corrected chi connectivity index (χ3v) is 3.12. The Labute approximate surface area is 98.5 Å². The van der Waals surface area contributed by atoms with Gasteiger partial charge < -0.3 is 10.6 Å². The molecule has 0 aromatic heterocycles. The molecule has 0 aliphatic heterocycles. The van der Waals surface area contributed by atoms with Crippen molar-refractivity contribution in [2.45, 2.75) is 46.1 Å². The van der Waals surface area contributed by atoms with Crippen LogP contribution in [-0.4, -0.2) is 17.7 Å². The molecule has 1 fully saturated rings. The van der Waals surface area contributed by atoms with Crippen LogP contribution in [0, 0.1) is 5.41 Å². The van der Waals surface area contributed by atoms with E-state index in [1.165, 1.54) is 19.3 Å². The highest BCUT2D eigenvalue weighted by molar-refractivity contribution is 7.80. The van der Waals surface area contributed by atoms with Gasteiger partial charge in [0.2, 0.25) is 0 Å². The maximum atomic E-state index is 5.22. The number of hydrogen-bond donors (Lipinski definition) is 2. The molecule has 3 heteroatoms. The molecule has 0 heterocycles. The summed E-state index contributed by atoms with van der Waals surface area (Å²) in [6, 6.07) is 0.546. The lowest BCUT2D eigenvalue weighted by Crippen LogP contribution is -2.41. The number of nitrogens with one attached hydrogen (secondary N) is 2. The summed E-state index contributed by atoms with van der Waals surface area (Å²) >= 11 is 5.22. The van der Waals surface area contributed by atoms with Gasteiger partial charge in [0.25, 0.3) is 0 Å². The molecule has 1 saturated carbocycles. The van der Waals surface area contributed by atoms with Crippen molar-refractivity contribution >= 4 is 17.3 Å². The minimum Gasteiger partial charge on any atom is -0.360 e. The molecular formula is C12H22N2S. The van der Waals surface area contributed by atoms with E-state index < -0.39 is 0 Å². The van der Waals surface area contributed by atoms with Crippen LogP contribution in [0.4, 0.5) is 0 Å². The van der Waals surface area contributed by atoms with Crippen molar-refractivity contribution in [2.75, 3.05) is 6.54 Å². The SMILES string of the molecule is C=C(C)CNC(=S)NC1CCC(C)(C)C1. The average molecular weight is 226 g/mol. The molecule has 2 nitrogen and oxygen atoms in total. The Balaban J connectivity index is 2.25. The second kappa shape index (κ2) is 4.97. The lowest BCUT2D eigenvalue weighted by Gasteiger charge is -2.19. The molecule has 1 unspecified atom stereocenters. The molecule has 1 rings (SSSR count). The van der Waals surface area contributed by atoms with Gasteiger partial charge >= 0.3 is 0 Å². The second-order valence-corrected chi connectivity index (χ2v) is 5.80. The van der Waals surface area contributed by atoms with Crippen LogP contribution in [0.3, 0.4) is 0 Å². The monoisotopic (exact) mass is 226 g/mol. The van der Waals surface area contributed by atoms with E-state index in [1.807, 2.05) is 6.92 Å². The van der Waals surface area contributed by atoms with Gasteiger partial charge in [-0.15, -0.1) is 0 Å². The lowest BCUT2D eigenvalue weighted by atomic mass is 9.92. The highest BCUT2D eigenvalue weighted by Crippen LogP contribution is 2.36. The molecule has 1 aliphatic rings. The summed E-state index contributed by atoms with van der Waals surface area (Å²) < 4.78 is 0. The highest BCUT2D eigenvalue weighted by Gasteiger charge is 2.30. The fourth-order valence-corrected chi connectivity index (χ4v) is 2.27. The van der Waals surface area contributed by atoms with E-state index in [0.717, 1.165) is 17.2 Å². The van der Waals surface area contributed by atoms with Gasteiger partial charge in [-0.1, -0.05) is 26.0 Å². The van der Waals surface area contributed by atoms with E-state index in [-0.39, 0.29) is 0 Å². The van der Waals surface area contributed by atoms with Crippen molar-refractivity contribution in [3.8, 4) is 0 Å². The van der Waals surface area contributed by atoms with E-state index >= 15 is 0 Å². The van der Waals surface area contributed by atoms with E-state index in [2.05, 4.69) is 31.1 Å². The smallest absolute Gasteiger partial charge is 0.166 e. The molecule has 0 saturated heterocycles. The minimum absolute atomic E-state index is 0.474. The van der Waals surface area contributed by atoms with Crippen LogP contribution in [-0.2, 0) is 0 Å². The summed E-state index contributed by atoms with van der Waals surface area (Å²) in [7, 11) is 0. The van der Waals surface area contributed by atoms with Gasteiger partial charge in [-0.3, -0.25) is 0 Å². The fourth-order valence-electron chi connectivity index (χ4n) is 2.03. The largest absolute Gasteiger partial charge is 0.360 e. The second-order valence-electron chi connectivity index (χ2n) is 5.39. The third-order valence-electron chi connectivity index (χ3n) is 2.85. The predicted octanol–water partition coefficient (Wildman–Crippen LogP) is 2.61. The van der Waals surface area contributed by atoms with Crippen molar-refractivity contribution in [2.24, 2.45) is 5.41 Å². The topological polar surface area (TPSA) is 24.1 Å². The quantitative estimate of drug-likeness (QED) is 0.571. The zero-order valence-corrected chi connectivity index (χ0v) is 10.8. The van der Waals surface area contributed by atoms with E-state index in [4.69, 9.17) is 12.2 Å². The first-order valence-corrected chi connectivity index (χ1v) is 5.99.